The molecule has 0 aromatic carbocycles. The maximum absolute atomic E-state index is 12.5. The van der Waals surface area contributed by atoms with E-state index in [0.717, 1.165) is 58.2 Å². The van der Waals surface area contributed by atoms with Gasteiger partial charge in [0.05, 0.1) is 24.1 Å². The van der Waals surface area contributed by atoms with Gasteiger partial charge in [0.15, 0.2) is 6.29 Å². The van der Waals surface area contributed by atoms with Crippen molar-refractivity contribution in [3.63, 3.8) is 0 Å². The van der Waals surface area contributed by atoms with Crippen LogP contribution in [0.25, 0.3) is 0 Å². The van der Waals surface area contributed by atoms with Gasteiger partial charge < -0.3 is 14.2 Å². The molecule has 1 spiro atoms. The Bertz CT molecular complexity index is 982. The zero-order valence-corrected chi connectivity index (χ0v) is 22.9. The molecule has 3 unspecified atom stereocenters. The molecule has 202 valence electrons. The number of piperidine rings is 1. The van der Waals surface area contributed by atoms with E-state index in [0.29, 0.717) is 42.9 Å². The van der Waals surface area contributed by atoms with Crippen molar-refractivity contribution in [2.75, 3.05) is 26.3 Å². The molecule has 6 nitrogen and oxygen atoms in total. The Labute approximate surface area is 217 Å². The van der Waals surface area contributed by atoms with Crippen LogP contribution in [0.3, 0.4) is 0 Å². The first-order valence-corrected chi connectivity index (χ1v) is 16.4. The van der Waals surface area contributed by atoms with Crippen molar-refractivity contribution in [1.82, 2.24) is 4.31 Å². The zero-order chi connectivity index (χ0) is 24.7. The molecule has 0 bridgehead atoms. The smallest absolute Gasteiger partial charge is 0.216 e. The van der Waals surface area contributed by atoms with Gasteiger partial charge in [-0.25, -0.2) is 12.7 Å². The minimum Gasteiger partial charge on any atom is -0.378 e. The molecule has 0 aromatic heterocycles. The summed E-state index contributed by atoms with van der Waals surface area (Å²) in [5.41, 5.74) is 1.91. The predicted molar refractivity (Wildman–Crippen MR) is 138 cm³/mol. The fourth-order valence-electron chi connectivity index (χ4n) is 9.61. The number of ether oxygens (including phenoxy) is 3. The van der Waals surface area contributed by atoms with Crippen molar-refractivity contribution in [3.8, 4) is 0 Å². The summed E-state index contributed by atoms with van der Waals surface area (Å²) in [5.74, 6) is 2.49. The van der Waals surface area contributed by atoms with Gasteiger partial charge >= 0.3 is 0 Å². The number of sulfonamides is 1. The number of hydrogen-bond donors (Lipinski definition) is 0. The van der Waals surface area contributed by atoms with E-state index in [1.54, 1.807) is 4.31 Å². The fraction of sp³-hybridized carbons (Fsp3) is 0.931. The Morgan fingerprint density at radius 1 is 1.08 bits per heavy atom. The van der Waals surface area contributed by atoms with E-state index >= 15 is 0 Å². The Hall–Kier alpha value is -0.470. The lowest BCUT2D eigenvalue weighted by Crippen LogP contribution is -2.50. The molecule has 7 heteroatoms. The van der Waals surface area contributed by atoms with Gasteiger partial charge in [0.25, 0.3) is 0 Å². The van der Waals surface area contributed by atoms with Crippen LogP contribution in [-0.2, 0) is 24.2 Å². The minimum absolute atomic E-state index is 0.0354. The Balaban J connectivity index is 0.950. The van der Waals surface area contributed by atoms with Crippen LogP contribution >= 0.6 is 0 Å². The average molecular weight is 520 g/mol. The number of nitrogens with zero attached hydrogens (tertiary/aromatic N) is 1. The molecular formula is C29H45NO5S. The molecule has 2 aliphatic heterocycles. The minimum atomic E-state index is -3.05. The van der Waals surface area contributed by atoms with Gasteiger partial charge in [-0.1, -0.05) is 31.9 Å². The molecule has 5 aliphatic carbocycles. The molecule has 5 saturated carbocycles. The van der Waals surface area contributed by atoms with Gasteiger partial charge in [0.1, 0.15) is 0 Å². The molecule has 0 N–H and O–H groups in total. The molecule has 7 atom stereocenters. The van der Waals surface area contributed by atoms with Gasteiger partial charge in [-0.2, -0.15) is 0 Å². The van der Waals surface area contributed by atoms with Crippen molar-refractivity contribution in [1.29, 1.82) is 0 Å². The van der Waals surface area contributed by atoms with E-state index in [4.69, 9.17) is 14.2 Å². The molecule has 0 aromatic rings. The summed E-state index contributed by atoms with van der Waals surface area (Å²) in [6.45, 7) is 10.0. The van der Waals surface area contributed by atoms with Crippen molar-refractivity contribution in [2.45, 2.75) is 108 Å². The SMILES string of the molecule is C=C1CC2C3C(C)(CC[C@H]4O[C@H](C5CCCC5)OC[C@@]234)[C@@H]1CCOC1CCN(S(=O)(=O)C2CC2)CC1. The van der Waals surface area contributed by atoms with E-state index in [2.05, 4.69) is 13.5 Å². The Kier molecular flexibility index (Phi) is 5.98. The molecule has 7 rings (SSSR count). The van der Waals surface area contributed by atoms with E-state index in [1.165, 1.54) is 37.7 Å². The van der Waals surface area contributed by atoms with Gasteiger partial charge in [0, 0.05) is 31.0 Å². The van der Waals surface area contributed by atoms with Crippen molar-refractivity contribution in [2.24, 2.45) is 34.5 Å². The van der Waals surface area contributed by atoms with E-state index < -0.39 is 10.0 Å². The number of rotatable bonds is 7. The summed E-state index contributed by atoms with van der Waals surface area (Å²) in [5, 5.41) is -0.105. The van der Waals surface area contributed by atoms with Gasteiger partial charge in [0.2, 0.25) is 10.0 Å². The summed E-state index contributed by atoms with van der Waals surface area (Å²) < 4.78 is 46.3. The first-order chi connectivity index (χ1) is 17.3. The largest absolute Gasteiger partial charge is 0.378 e. The molecule has 36 heavy (non-hydrogen) atoms. The molecule has 0 radical (unpaired) electrons. The van der Waals surface area contributed by atoms with Crippen LogP contribution in [-0.4, -0.2) is 62.8 Å². The van der Waals surface area contributed by atoms with Gasteiger partial charge in [-0.05, 0) is 87.4 Å². The van der Waals surface area contributed by atoms with E-state index in [9.17, 15) is 8.42 Å². The fourth-order valence-corrected chi connectivity index (χ4v) is 11.5. The topological polar surface area (TPSA) is 65.1 Å². The van der Waals surface area contributed by atoms with Gasteiger partial charge in [-0.3, -0.25) is 0 Å². The highest BCUT2D eigenvalue weighted by atomic mass is 32.2. The number of hydrogen-bond acceptors (Lipinski definition) is 5. The quantitative estimate of drug-likeness (QED) is 0.448. The second-order valence-electron chi connectivity index (χ2n) is 13.5. The highest BCUT2D eigenvalue weighted by Gasteiger charge is 2.79. The van der Waals surface area contributed by atoms with E-state index in [1.807, 2.05) is 0 Å². The van der Waals surface area contributed by atoms with Crippen molar-refractivity contribution < 1.29 is 22.6 Å². The maximum Gasteiger partial charge on any atom is 0.216 e. The third-order valence-electron chi connectivity index (χ3n) is 11.6. The molecular weight excluding hydrogens is 474 g/mol. The van der Waals surface area contributed by atoms with Gasteiger partial charge in [-0.15, -0.1) is 0 Å². The summed E-state index contributed by atoms with van der Waals surface area (Å²) in [4.78, 5) is 0. The van der Waals surface area contributed by atoms with Crippen LogP contribution in [0.4, 0.5) is 0 Å². The molecule has 2 heterocycles. The van der Waals surface area contributed by atoms with Crippen LogP contribution in [0.1, 0.15) is 84.0 Å². The second kappa shape index (κ2) is 8.77. The monoisotopic (exact) mass is 519 g/mol. The van der Waals surface area contributed by atoms with Crippen LogP contribution in [0.5, 0.6) is 0 Å². The summed E-state index contributed by atoms with van der Waals surface area (Å²) >= 11 is 0. The highest BCUT2D eigenvalue weighted by Crippen LogP contribution is 2.80. The maximum atomic E-state index is 12.5. The average Bonchev–Trinajstić information content (AvgIpc) is 3.77. The third kappa shape index (κ3) is 3.73. The van der Waals surface area contributed by atoms with Crippen LogP contribution < -0.4 is 0 Å². The molecule has 0 amide bonds. The first kappa shape index (κ1) is 24.6. The second-order valence-corrected chi connectivity index (χ2v) is 15.7. The summed E-state index contributed by atoms with van der Waals surface area (Å²) in [6, 6.07) is 0. The zero-order valence-electron chi connectivity index (χ0n) is 22.0. The van der Waals surface area contributed by atoms with Crippen molar-refractivity contribution in [3.05, 3.63) is 12.2 Å². The summed E-state index contributed by atoms with van der Waals surface area (Å²) in [7, 11) is -3.05. The van der Waals surface area contributed by atoms with Crippen LogP contribution in [0.15, 0.2) is 12.2 Å². The highest BCUT2D eigenvalue weighted by molar-refractivity contribution is 7.90. The predicted octanol–water partition coefficient (Wildman–Crippen LogP) is 4.89. The standard InChI is InChI=1S/C29H45NO5S/c1-19-17-24-26-28(2,13-9-25-29(24,26)18-34-27(35-25)20-5-3-4-6-20)23(19)12-16-33-21-10-14-30(15-11-21)36(31,32)22-7-8-22/h20-27H,1,3-18H2,2H3/t23-,24?,25-,26?,27-,28?,29+/m1/s1. The lowest BCUT2D eigenvalue weighted by molar-refractivity contribution is -0.279. The Morgan fingerprint density at radius 2 is 1.83 bits per heavy atom. The Morgan fingerprint density at radius 3 is 2.56 bits per heavy atom. The van der Waals surface area contributed by atoms with Crippen LogP contribution in [0, 0.1) is 34.5 Å². The molecule has 7 aliphatic rings. The lowest BCUT2D eigenvalue weighted by Gasteiger charge is -2.50. The lowest BCUT2D eigenvalue weighted by atomic mass is 9.59. The van der Waals surface area contributed by atoms with Crippen molar-refractivity contribution >= 4 is 10.0 Å². The third-order valence-corrected chi connectivity index (χ3v) is 14.0. The normalized spacial score (nSPS) is 45.9. The first-order valence-electron chi connectivity index (χ1n) is 14.9. The number of allylic oxidation sites excluding steroid dienone is 1. The molecule has 7 fully saturated rings. The van der Waals surface area contributed by atoms with Crippen LogP contribution in [0.2, 0.25) is 0 Å². The van der Waals surface area contributed by atoms with E-state index in [-0.39, 0.29) is 28.5 Å². The summed E-state index contributed by atoms with van der Waals surface area (Å²) in [6.07, 6.45) is 13.6. The molecule has 2 saturated heterocycles.